The van der Waals surface area contributed by atoms with Crippen LogP contribution in [0, 0.1) is 0 Å². The summed E-state index contributed by atoms with van der Waals surface area (Å²) in [5.41, 5.74) is 3.03. The molecule has 0 aliphatic heterocycles. The lowest BCUT2D eigenvalue weighted by Crippen LogP contribution is -2.13. The van der Waals surface area contributed by atoms with Crippen LogP contribution in [-0.4, -0.2) is 19.5 Å². The number of thiazole rings is 1. The third-order valence-corrected chi connectivity index (χ3v) is 4.54. The van der Waals surface area contributed by atoms with Gasteiger partial charge < -0.3 is 5.11 Å². The first-order valence-electron chi connectivity index (χ1n) is 7.59. The van der Waals surface area contributed by atoms with Crippen LogP contribution in [0.4, 0.5) is 0 Å². The molecule has 0 unspecified atom stereocenters. The summed E-state index contributed by atoms with van der Waals surface area (Å²) in [7, 11) is 0. The smallest absolute Gasteiger partial charge is 0.259 e. The zero-order valence-electron chi connectivity index (χ0n) is 13.0. The fraction of sp³-hybridized carbons (Fsp3) is 0. The SMILES string of the molecule is O=c1cc(C=Cc2cccnc2)nc2scc(-c3ccc(O)cc3)n12. The van der Waals surface area contributed by atoms with Crippen molar-refractivity contribution in [3.63, 3.8) is 0 Å². The van der Waals surface area contributed by atoms with Gasteiger partial charge in [-0.15, -0.1) is 11.3 Å². The molecular formula is C19H13N3O2S. The summed E-state index contributed by atoms with van der Waals surface area (Å²) < 4.78 is 1.58. The van der Waals surface area contributed by atoms with Crippen molar-refractivity contribution < 1.29 is 5.11 Å². The predicted molar refractivity (Wildman–Crippen MR) is 99.6 cm³/mol. The maximum Gasteiger partial charge on any atom is 0.259 e. The lowest BCUT2D eigenvalue weighted by Gasteiger charge is -2.02. The van der Waals surface area contributed by atoms with Crippen LogP contribution in [0.2, 0.25) is 0 Å². The Kier molecular flexibility index (Phi) is 3.87. The van der Waals surface area contributed by atoms with E-state index in [4.69, 9.17) is 0 Å². The number of nitrogens with zero attached hydrogens (tertiary/aromatic N) is 3. The van der Waals surface area contributed by atoms with Gasteiger partial charge in [-0.3, -0.25) is 14.2 Å². The Morgan fingerprint density at radius 1 is 1.12 bits per heavy atom. The molecule has 0 fully saturated rings. The van der Waals surface area contributed by atoms with Crippen molar-refractivity contribution in [3.05, 3.63) is 81.8 Å². The first kappa shape index (κ1) is 15.3. The van der Waals surface area contributed by atoms with Crippen molar-refractivity contribution in [1.29, 1.82) is 0 Å². The van der Waals surface area contributed by atoms with Crippen molar-refractivity contribution >= 4 is 28.4 Å². The van der Waals surface area contributed by atoms with Gasteiger partial charge in [0.1, 0.15) is 5.75 Å². The number of pyridine rings is 1. The zero-order valence-corrected chi connectivity index (χ0v) is 13.9. The Balaban J connectivity index is 1.76. The van der Waals surface area contributed by atoms with E-state index < -0.39 is 0 Å². The topological polar surface area (TPSA) is 67.5 Å². The molecule has 0 amide bonds. The molecule has 0 radical (unpaired) electrons. The van der Waals surface area contributed by atoms with Crippen molar-refractivity contribution in [2.75, 3.05) is 0 Å². The van der Waals surface area contributed by atoms with E-state index in [0.29, 0.717) is 10.7 Å². The van der Waals surface area contributed by atoms with Crippen LogP contribution in [0.3, 0.4) is 0 Å². The normalized spacial score (nSPS) is 11.4. The predicted octanol–water partition coefficient (Wildman–Crippen LogP) is 3.69. The van der Waals surface area contributed by atoms with Crippen LogP contribution in [0.1, 0.15) is 11.3 Å². The number of aromatic hydroxyl groups is 1. The van der Waals surface area contributed by atoms with Gasteiger partial charge in [0.25, 0.3) is 5.56 Å². The molecule has 0 saturated carbocycles. The minimum Gasteiger partial charge on any atom is -0.508 e. The molecule has 3 heterocycles. The summed E-state index contributed by atoms with van der Waals surface area (Å²) in [5, 5.41) is 11.3. The fourth-order valence-corrected chi connectivity index (χ4v) is 3.42. The highest BCUT2D eigenvalue weighted by atomic mass is 32.1. The van der Waals surface area contributed by atoms with Crippen molar-refractivity contribution in [2.45, 2.75) is 0 Å². The van der Waals surface area contributed by atoms with Crippen molar-refractivity contribution in [3.8, 4) is 17.0 Å². The van der Waals surface area contributed by atoms with E-state index in [9.17, 15) is 9.90 Å². The van der Waals surface area contributed by atoms with Gasteiger partial charge in [0, 0.05) is 23.8 Å². The van der Waals surface area contributed by atoms with E-state index in [2.05, 4.69) is 9.97 Å². The second-order valence-electron chi connectivity index (χ2n) is 5.42. The number of rotatable bonds is 3. The molecule has 3 aromatic heterocycles. The standard InChI is InChI=1S/C19H13N3O2S/c23-16-7-4-14(5-8-16)17-12-25-19-21-15(10-18(24)22(17)19)6-3-13-2-1-9-20-11-13/h1-12,23H. The number of benzene rings is 1. The Labute approximate surface area is 147 Å². The molecule has 5 nitrogen and oxygen atoms in total. The fourth-order valence-electron chi connectivity index (χ4n) is 2.51. The lowest BCUT2D eigenvalue weighted by molar-refractivity contribution is 0.475. The van der Waals surface area contributed by atoms with E-state index in [1.165, 1.54) is 17.4 Å². The first-order chi connectivity index (χ1) is 12.2. The zero-order chi connectivity index (χ0) is 17.2. The molecule has 0 saturated heterocycles. The molecule has 4 aromatic rings. The van der Waals surface area contributed by atoms with Crippen LogP contribution in [0.5, 0.6) is 5.75 Å². The summed E-state index contributed by atoms with van der Waals surface area (Å²) >= 11 is 1.41. The average molecular weight is 347 g/mol. The number of phenols is 1. The first-order valence-corrected chi connectivity index (χ1v) is 8.47. The third kappa shape index (κ3) is 3.07. The van der Waals surface area contributed by atoms with Gasteiger partial charge in [0.2, 0.25) is 0 Å². The minimum atomic E-state index is -0.139. The Hall–Kier alpha value is -3.25. The van der Waals surface area contributed by atoms with Crippen LogP contribution in [0.25, 0.3) is 28.4 Å². The van der Waals surface area contributed by atoms with Crippen molar-refractivity contribution in [1.82, 2.24) is 14.4 Å². The Morgan fingerprint density at radius 3 is 2.72 bits per heavy atom. The number of phenolic OH excluding ortho intramolecular Hbond substituents is 1. The molecule has 0 aliphatic rings. The van der Waals surface area contributed by atoms with Crippen LogP contribution in [0.15, 0.2) is 65.0 Å². The molecule has 0 atom stereocenters. The van der Waals surface area contributed by atoms with Crippen LogP contribution >= 0.6 is 11.3 Å². The maximum atomic E-state index is 12.6. The number of fused-ring (bicyclic) bond motifs is 1. The highest BCUT2D eigenvalue weighted by Gasteiger charge is 2.10. The summed E-state index contributed by atoms with van der Waals surface area (Å²) in [6, 6.07) is 12.1. The molecule has 1 N–H and O–H groups in total. The Bertz CT molecular complexity index is 1110. The van der Waals surface area contributed by atoms with Gasteiger partial charge in [-0.1, -0.05) is 12.1 Å². The quantitative estimate of drug-likeness (QED) is 0.614. The van der Waals surface area contributed by atoms with Crippen molar-refractivity contribution in [2.24, 2.45) is 0 Å². The van der Waals surface area contributed by atoms with Gasteiger partial charge >= 0.3 is 0 Å². The highest BCUT2D eigenvalue weighted by molar-refractivity contribution is 7.15. The van der Waals surface area contributed by atoms with Gasteiger partial charge in [-0.05, 0) is 47.5 Å². The number of aromatic nitrogens is 3. The molecule has 0 spiro atoms. The van der Waals surface area contributed by atoms with Gasteiger partial charge in [0.05, 0.1) is 11.4 Å². The van der Waals surface area contributed by atoms with E-state index in [1.807, 2.05) is 23.6 Å². The molecule has 6 heteroatoms. The summed E-state index contributed by atoms with van der Waals surface area (Å²) in [5.74, 6) is 0.191. The van der Waals surface area contributed by atoms with Gasteiger partial charge in [-0.25, -0.2) is 4.98 Å². The number of hydrogen-bond acceptors (Lipinski definition) is 5. The molecule has 4 rings (SSSR count). The second kappa shape index (κ2) is 6.33. The van der Waals surface area contributed by atoms with Gasteiger partial charge in [-0.2, -0.15) is 0 Å². The minimum absolute atomic E-state index is 0.139. The molecule has 1 aromatic carbocycles. The largest absolute Gasteiger partial charge is 0.508 e. The van der Waals surface area contributed by atoms with E-state index in [1.54, 1.807) is 47.1 Å². The molecule has 25 heavy (non-hydrogen) atoms. The molecule has 0 bridgehead atoms. The summed E-state index contributed by atoms with van der Waals surface area (Å²) in [4.78, 5) is 21.8. The van der Waals surface area contributed by atoms with E-state index in [-0.39, 0.29) is 11.3 Å². The monoisotopic (exact) mass is 347 g/mol. The summed E-state index contributed by atoms with van der Waals surface area (Å²) in [6.07, 6.45) is 7.14. The number of hydrogen-bond donors (Lipinski definition) is 1. The van der Waals surface area contributed by atoms with Crippen LogP contribution in [-0.2, 0) is 0 Å². The van der Waals surface area contributed by atoms with Gasteiger partial charge in [0.15, 0.2) is 4.96 Å². The second-order valence-corrected chi connectivity index (χ2v) is 6.26. The molecule has 0 aliphatic carbocycles. The molecule has 122 valence electrons. The van der Waals surface area contributed by atoms with E-state index >= 15 is 0 Å². The lowest BCUT2D eigenvalue weighted by atomic mass is 10.1. The summed E-state index contributed by atoms with van der Waals surface area (Å²) in [6.45, 7) is 0. The third-order valence-electron chi connectivity index (χ3n) is 3.72. The molecular weight excluding hydrogens is 334 g/mol. The van der Waals surface area contributed by atoms with E-state index in [0.717, 1.165) is 16.8 Å². The van der Waals surface area contributed by atoms with Crippen LogP contribution < -0.4 is 5.56 Å². The average Bonchev–Trinajstić information content (AvgIpc) is 3.06. The Morgan fingerprint density at radius 2 is 1.96 bits per heavy atom. The maximum absolute atomic E-state index is 12.6. The highest BCUT2D eigenvalue weighted by Crippen LogP contribution is 2.25.